The van der Waals surface area contributed by atoms with Crippen molar-refractivity contribution in [2.24, 2.45) is 5.92 Å². The fraction of sp³-hybridized carbons (Fsp3) is 0.538. The van der Waals surface area contributed by atoms with Crippen LogP contribution in [0.25, 0.3) is 0 Å². The summed E-state index contributed by atoms with van der Waals surface area (Å²) in [5.74, 6) is -0.0571. The predicted molar refractivity (Wildman–Crippen MR) is 75.0 cm³/mol. The number of sulfone groups is 1. The molecule has 1 aromatic rings. The molecule has 0 aromatic heterocycles. The molecule has 0 aliphatic carbocycles. The molecule has 21 heavy (non-hydrogen) atoms. The first-order chi connectivity index (χ1) is 9.82. The Balaban J connectivity index is 2.23. The van der Waals surface area contributed by atoms with Crippen LogP contribution >= 0.6 is 11.6 Å². The van der Waals surface area contributed by atoms with Gasteiger partial charge in [0.2, 0.25) is 0 Å². The molecule has 1 aliphatic heterocycles. The maximum atomic E-state index is 12.4. The Bertz CT molecular complexity index is 606. The zero-order chi connectivity index (χ0) is 15.6. The van der Waals surface area contributed by atoms with Crippen LogP contribution in [0.4, 0.5) is 8.78 Å². The van der Waals surface area contributed by atoms with Gasteiger partial charge in [-0.1, -0.05) is 6.07 Å². The van der Waals surface area contributed by atoms with Gasteiger partial charge in [0.15, 0.2) is 21.3 Å². The number of benzene rings is 1. The minimum atomic E-state index is -3.05. The van der Waals surface area contributed by atoms with E-state index in [9.17, 15) is 17.2 Å². The minimum absolute atomic E-state index is 0.0121. The number of hydrogen-bond acceptors (Lipinski definition) is 4. The Morgan fingerprint density at radius 3 is 2.57 bits per heavy atom. The maximum absolute atomic E-state index is 12.4. The fourth-order valence-electron chi connectivity index (χ4n) is 2.38. The van der Waals surface area contributed by atoms with Gasteiger partial charge in [-0.15, -0.1) is 11.6 Å². The zero-order valence-electron chi connectivity index (χ0n) is 11.3. The van der Waals surface area contributed by atoms with Crippen LogP contribution < -0.4 is 9.47 Å². The summed E-state index contributed by atoms with van der Waals surface area (Å²) in [7, 11) is -1.71. The second kappa shape index (κ2) is 6.36. The van der Waals surface area contributed by atoms with Gasteiger partial charge in [-0.05, 0) is 30.0 Å². The summed E-state index contributed by atoms with van der Waals surface area (Å²) in [5.41, 5.74) is 0.537. The lowest BCUT2D eigenvalue weighted by Crippen LogP contribution is -2.11. The SMILES string of the molecule is COc1ccc(C(Cl)C2CCS(=O)(=O)C2)cc1OC(F)F. The van der Waals surface area contributed by atoms with E-state index in [4.69, 9.17) is 16.3 Å². The van der Waals surface area contributed by atoms with Crippen molar-refractivity contribution in [3.8, 4) is 11.5 Å². The molecule has 1 heterocycles. The third kappa shape index (κ3) is 3.97. The van der Waals surface area contributed by atoms with E-state index in [0.717, 1.165) is 0 Å². The fourth-order valence-corrected chi connectivity index (χ4v) is 4.68. The third-order valence-corrected chi connectivity index (χ3v) is 5.81. The number of rotatable bonds is 5. The van der Waals surface area contributed by atoms with Crippen molar-refractivity contribution in [3.05, 3.63) is 23.8 Å². The quantitative estimate of drug-likeness (QED) is 0.773. The first-order valence-corrected chi connectivity index (χ1v) is 8.55. The molecule has 4 nitrogen and oxygen atoms in total. The Hall–Kier alpha value is -1.08. The predicted octanol–water partition coefficient (Wildman–Crippen LogP) is 3.01. The number of hydrogen-bond donors (Lipinski definition) is 0. The van der Waals surface area contributed by atoms with Crippen molar-refractivity contribution in [2.75, 3.05) is 18.6 Å². The maximum Gasteiger partial charge on any atom is 0.387 e. The average molecular weight is 341 g/mol. The Labute approximate surface area is 126 Å². The van der Waals surface area contributed by atoms with Crippen LogP contribution in [0, 0.1) is 5.92 Å². The summed E-state index contributed by atoms with van der Waals surface area (Å²) in [4.78, 5) is 0. The summed E-state index contributed by atoms with van der Waals surface area (Å²) in [5, 5.41) is -0.576. The van der Waals surface area contributed by atoms with Crippen molar-refractivity contribution in [2.45, 2.75) is 18.4 Å². The van der Waals surface area contributed by atoms with E-state index in [1.165, 1.54) is 19.2 Å². The van der Waals surface area contributed by atoms with Gasteiger partial charge >= 0.3 is 6.61 Å². The highest BCUT2D eigenvalue weighted by Crippen LogP contribution is 2.39. The monoisotopic (exact) mass is 340 g/mol. The summed E-state index contributed by atoms with van der Waals surface area (Å²) >= 11 is 6.30. The molecule has 1 saturated heterocycles. The molecule has 1 fully saturated rings. The zero-order valence-corrected chi connectivity index (χ0v) is 12.8. The van der Waals surface area contributed by atoms with E-state index in [1.807, 2.05) is 0 Å². The molecule has 8 heteroatoms. The largest absolute Gasteiger partial charge is 0.493 e. The Morgan fingerprint density at radius 1 is 1.33 bits per heavy atom. The van der Waals surface area contributed by atoms with Crippen molar-refractivity contribution >= 4 is 21.4 Å². The lowest BCUT2D eigenvalue weighted by molar-refractivity contribution is -0.0512. The molecule has 2 unspecified atom stereocenters. The van der Waals surface area contributed by atoms with Crippen molar-refractivity contribution in [1.82, 2.24) is 0 Å². The number of halogens is 3. The summed E-state index contributed by atoms with van der Waals surface area (Å²) in [6.45, 7) is -2.98. The van der Waals surface area contributed by atoms with Crippen LogP contribution in [0.15, 0.2) is 18.2 Å². The molecule has 0 saturated carbocycles. The van der Waals surface area contributed by atoms with Crippen molar-refractivity contribution in [3.63, 3.8) is 0 Å². The van der Waals surface area contributed by atoms with Crippen LogP contribution in [-0.4, -0.2) is 33.6 Å². The topological polar surface area (TPSA) is 52.6 Å². The molecular formula is C13H15ClF2O4S. The van der Waals surface area contributed by atoms with Gasteiger partial charge in [-0.3, -0.25) is 0 Å². The van der Waals surface area contributed by atoms with Crippen molar-refractivity contribution in [1.29, 1.82) is 0 Å². The van der Waals surface area contributed by atoms with Crippen LogP contribution in [0.3, 0.4) is 0 Å². The van der Waals surface area contributed by atoms with E-state index in [0.29, 0.717) is 12.0 Å². The van der Waals surface area contributed by atoms with Crippen LogP contribution in [-0.2, 0) is 9.84 Å². The molecule has 118 valence electrons. The van der Waals surface area contributed by atoms with Gasteiger partial charge < -0.3 is 9.47 Å². The summed E-state index contributed by atoms with van der Waals surface area (Å²) in [6.07, 6.45) is 0.466. The van der Waals surface area contributed by atoms with E-state index in [-0.39, 0.29) is 28.9 Å². The molecule has 1 aliphatic rings. The lowest BCUT2D eigenvalue weighted by atomic mass is 9.98. The normalized spacial score (nSPS) is 22.2. The van der Waals surface area contributed by atoms with Crippen LogP contribution in [0.2, 0.25) is 0 Å². The van der Waals surface area contributed by atoms with Gasteiger partial charge in [0, 0.05) is 0 Å². The lowest BCUT2D eigenvalue weighted by Gasteiger charge is -2.18. The minimum Gasteiger partial charge on any atom is -0.493 e. The molecule has 0 amide bonds. The molecular weight excluding hydrogens is 326 g/mol. The number of methoxy groups -OCH3 is 1. The molecule has 0 bridgehead atoms. The second-order valence-electron chi connectivity index (χ2n) is 4.85. The Kier molecular flexibility index (Phi) is 4.93. The first kappa shape index (κ1) is 16.3. The highest BCUT2D eigenvalue weighted by molar-refractivity contribution is 7.91. The molecule has 2 atom stereocenters. The van der Waals surface area contributed by atoms with Crippen LogP contribution in [0.1, 0.15) is 17.4 Å². The number of alkyl halides is 3. The van der Waals surface area contributed by atoms with E-state index >= 15 is 0 Å². The van der Waals surface area contributed by atoms with Gasteiger partial charge in [0.05, 0.1) is 24.0 Å². The molecule has 0 spiro atoms. The molecule has 0 N–H and O–H groups in total. The van der Waals surface area contributed by atoms with Crippen LogP contribution in [0.5, 0.6) is 11.5 Å². The van der Waals surface area contributed by atoms with Gasteiger partial charge in [-0.25, -0.2) is 8.42 Å². The summed E-state index contributed by atoms with van der Waals surface area (Å²) < 4.78 is 57.1. The van der Waals surface area contributed by atoms with E-state index in [2.05, 4.69) is 4.74 Å². The second-order valence-corrected chi connectivity index (χ2v) is 7.55. The smallest absolute Gasteiger partial charge is 0.387 e. The highest BCUT2D eigenvalue weighted by Gasteiger charge is 2.33. The molecule has 0 radical (unpaired) electrons. The number of ether oxygens (including phenoxy) is 2. The molecule has 1 aromatic carbocycles. The van der Waals surface area contributed by atoms with Gasteiger partial charge in [-0.2, -0.15) is 8.78 Å². The standard InChI is InChI=1S/C13H15ClF2O4S/c1-19-10-3-2-8(6-11(10)20-13(15)16)12(14)9-4-5-21(17,18)7-9/h2-3,6,9,12-13H,4-5,7H2,1H3. The average Bonchev–Trinajstić information content (AvgIpc) is 2.77. The van der Waals surface area contributed by atoms with Gasteiger partial charge in [0.1, 0.15) is 0 Å². The van der Waals surface area contributed by atoms with E-state index in [1.54, 1.807) is 6.07 Å². The Morgan fingerprint density at radius 2 is 2.05 bits per heavy atom. The van der Waals surface area contributed by atoms with Crippen molar-refractivity contribution < 1.29 is 26.7 Å². The molecule has 2 rings (SSSR count). The summed E-state index contributed by atoms with van der Waals surface area (Å²) in [6, 6.07) is 4.47. The van der Waals surface area contributed by atoms with Gasteiger partial charge in [0.25, 0.3) is 0 Å². The first-order valence-electron chi connectivity index (χ1n) is 6.29. The van der Waals surface area contributed by atoms with E-state index < -0.39 is 21.8 Å². The highest BCUT2D eigenvalue weighted by atomic mass is 35.5. The third-order valence-electron chi connectivity index (χ3n) is 3.40.